The number of sulfone groups is 1. The quantitative estimate of drug-likeness (QED) is 0.145. The smallest absolute Gasteiger partial charge is 0.543 e. The number of carbonyl (C=O) groups is 2. The van der Waals surface area contributed by atoms with Crippen LogP contribution >= 0.6 is 46.4 Å². The fourth-order valence-electron chi connectivity index (χ4n) is 10.3. The first-order valence-corrected chi connectivity index (χ1v) is 28.2. The minimum atomic E-state index is -3.20. The summed E-state index contributed by atoms with van der Waals surface area (Å²) < 4.78 is 22.6. The fourth-order valence-corrected chi connectivity index (χ4v) is 11.5. The zero-order valence-electron chi connectivity index (χ0n) is 42.2. The van der Waals surface area contributed by atoms with Crippen LogP contribution in [0.1, 0.15) is 84.5 Å². The second-order valence-electron chi connectivity index (χ2n) is 19.1. The molecule has 392 valence electrons. The first-order valence-electron chi connectivity index (χ1n) is 24.7. The number of carboxylic acids is 1. The van der Waals surface area contributed by atoms with E-state index >= 15 is 0 Å². The van der Waals surface area contributed by atoms with E-state index in [-0.39, 0.29) is 58.8 Å². The largest absolute Gasteiger partial charge is 1.00 e. The normalized spacial score (nSPS) is 20.0. The van der Waals surface area contributed by atoms with Crippen LogP contribution in [0.2, 0.25) is 20.4 Å². The summed E-state index contributed by atoms with van der Waals surface area (Å²) in [5.74, 6) is -1.55. The summed E-state index contributed by atoms with van der Waals surface area (Å²) in [6.07, 6.45) is 7.62. The Bertz CT molecular complexity index is 2600. The van der Waals surface area contributed by atoms with E-state index in [1.54, 1.807) is 0 Å². The van der Waals surface area contributed by atoms with Gasteiger partial charge in [0.05, 0.1) is 11.7 Å². The van der Waals surface area contributed by atoms with Crippen LogP contribution in [-0.4, -0.2) is 168 Å². The van der Waals surface area contributed by atoms with Gasteiger partial charge in [-0.05, 0) is 100 Å². The Balaban J connectivity index is 0.000000238. The van der Waals surface area contributed by atoms with E-state index in [1.807, 2.05) is 24.3 Å². The molecule has 4 fully saturated rings. The minimum absolute atomic E-state index is 0. The van der Waals surface area contributed by atoms with Gasteiger partial charge in [0.15, 0.2) is 39.3 Å². The van der Waals surface area contributed by atoms with Gasteiger partial charge in [0.2, 0.25) is 0 Å². The van der Waals surface area contributed by atoms with E-state index in [0.29, 0.717) is 35.8 Å². The molecule has 0 bridgehead atoms. The first kappa shape index (κ1) is 58.5. The van der Waals surface area contributed by atoms with Gasteiger partial charge in [0.1, 0.15) is 15.5 Å². The molecule has 5 N–H and O–H groups in total. The molecule has 0 spiro atoms. The predicted octanol–water partition coefficient (Wildman–Crippen LogP) is 2.00. The fraction of sp³-hybridized carbons (Fsp3) is 0.551. The number of likely N-dealkylation sites (tertiary alicyclic amines) is 2. The average molecular weight is 1100 g/mol. The van der Waals surface area contributed by atoms with E-state index in [1.165, 1.54) is 11.1 Å². The third-order valence-electron chi connectivity index (χ3n) is 14.2. The number of hydrogen-bond donors (Lipinski definition) is 3. The number of rotatable bonds is 15. The maximum atomic E-state index is 12.5. The Labute approximate surface area is 461 Å². The Morgan fingerprint density at radius 1 is 0.644 bits per heavy atom. The van der Waals surface area contributed by atoms with Gasteiger partial charge in [-0.3, -0.25) is 24.4 Å². The second-order valence-corrected chi connectivity index (χ2v) is 22.9. The van der Waals surface area contributed by atoms with Crippen molar-refractivity contribution in [3.05, 3.63) is 91.4 Å². The summed E-state index contributed by atoms with van der Waals surface area (Å²) in [5, 5.41) is 15.3. The van der Waals surface area contributed by atoms with Crippen molar-refractivity contribution >= 4 is 91.4 Å². The number of hydrogen-bond acceptors (Lipinski definition) is 17. The number of nitrogens with two attached hydrogens (primary N) is 2. The van der Waals surface area contributed by atoms with Crippen LogP contribution in [-0.2, 0) is 22.9 Å². The van der Waals surface area contributed by atoms with Gasteiger partial charge in [-0.15, -0.1) is 0 Å². The molecule has 24 heteroatoms. The number of piperazine rings is 2. The molecule has 73 heavy (non-hydrogen) atoms. The molecule has 4 aliphatic heterocycles. The summed E-state index contributed by atoms with van der Waals surface area (Å²) >= 11 is 24.8. The number of aromatic carboxylic acids is 1. The van der Waals surface area contributed by atoms with Crippen molar-refractivity contribution in [3.63, 3.8) is 0 Å². The van der Waals surface area contributed by atoms with Crippen LogP contribution in [0, 0.1) is 0 Å². The van der Waals surface area contributed by atoms with Crippen molar-refractivity contribution in [1.29, 1.82) is 0 Å². The molecule has 0 radical (unpaired) electrons. The maximum absolute atomic E-state index is 12.5. The van der Waals surface area contributed by atoms with Crippen molar-refractivity contribution in [2.24, 2.45) is 0 Å². The SMILES string of the molecule is CC[C@H]1CN(c2nc(N)c(C(=O)NCCS(C)(=O)=O)nc2Cl)CCN1C1CCN(Cc2ccc(Cl)cc2)CC1.CC[C@H]1CN(c2nc(N)c(C(=O)[O-])nc2Cl)CCN1C1CCN(Cc2ccc(Cl)cc2)CC1.[Li+]. The van der Waals surface area contributed by atoms with E-state index in [2.05, 4.69) is 92.8 Å². The number of benzene rings is 2. The summed E-state index contributed by atoms with van der Waals surface area (Å²) in [4.78, 5) is 54.8. The number of amides is 1. The van der Waals surface area contributed by atoms with Crippen LogP contribution in [0.25, 0.3) is 0 Å². The summed E-state index contributed by atoms with van der Waals surface area (Å²) in [6, 6.07) is 18.0. The van der Waals surface area contributed by atoms with Gasteiger partial charge >= 0.3 is 18.9 Å². The predicted molar refractivity (Wildman–Crippen MR) is 285 cm³/mol. The zero-order valence-corrected chi connectivity index (χ0v) is 46.0. The number of nitrogens with zero attached hydrogens (tertiary/aromatic N) is 10. The van der Waals surface area contributed by atoms with Gasteiger partial charge in [-0.2, -0.15) is 0 Å². The minimum Gasteiger partial charge on any atom is -0.543 e. The molecule has 8 rings (SSSR count). The molecule has 2 aromatic heterocycles. The van der Waals surface area contributed by atoms with Gasteiger partial charge < -0.3 is 36.5 Å². The van der Waals surface area contributed by atoms with Gasteiger partial charge in [-0.1, -0.05) is 84.5 Å². The molecule has 1 amide bonds. The maximum Gasteiger partial charge on any atom is 1.00 e. The number of carbonyl (C=O) groups excluding carboxylic acids is 2. The first-order chi connectivity index (χ1) is 34.4. The number of aromatic nitrogens is 4. The van der Waals surface area contributed by atoms with Crippen molar-refractivity contribution < 1.29 is 42.0 Å². The Kier molecular flexibility index (Phi) is 21.5. The van der Waals surface area contributed by atoms with Gasteiger partial charge in [0, 0.05) is 99.4 Å². The third-order valence-corrected chi connectivity index (χ3v) is 16.1. The van der Waals surface area contributed by atoms with Crippen molar-refractivity contribution in [2.75, 3.05) is 105 Å². The summed E-state index contributed by atoms with van der Waals surface area (Å²) in [6.45, 7) is 15.2. The van der Waals surface area contributed by atoms with Crippen LogP contribution in [0.15, 0.2) is 48.5 Å². The van der Waals surface area contributed by atoms with Crippen LogP contribution < -0.4 is 50.6 Å². The molecule has 6 heterocycles. The Morgan fingerprint density at radius 3 is 1.42 bits per heavy atom. The number of carboxylic acid groups (broad SMARTS) is 1. The van der Waals surface area contributed by atoms with E-state index in [9.17, 15) is 23.1 Å². The molecule has 0 unspecified atom stereocenters. The molecule has 2 aromatic carbocycles. The number of halogens is 4. The van der Waals surface area contributed by atoms with Crippen molar-refractivity contribution in [3.8, 4) is 0 Å². The molecule has 18 nitrogen and oxygen atoms in total. The average Bonchev–Trinajstić information content (AvgIpc) is 3.36. The number of anilines is 4. The Hall–Kier alpha value is -3.71. The summed E-state index contributed by atoms with van der Waals surface area (Å²) in [5.41, 5.74) is 13.9. The Morgan fingerprint density at radius 2 is 1.04 bits per heavy atom. The van der Waals surface area contributed by atoms with Crippen molar-refractivity contribution in [1.82, 2.24) is 44.9 Å². The standard InChI is InChI=1S/C26H37Cl2N7O3S.C23H30Cl2N6O2.Li/c1-3-20-17-34(25-23(28)31-22(24(29)32-25)26(36)30-10-15-39(2,37)38)13-14-35(20)21-8-11-33(12-9-21)16-18-4-6-19(27)7-5-18;1-2-17-14-30(22-20(25)27-19(23(32)33)21(26)28-22)11-12-31(17)18-7-9-29(10-8-18)13-15-3-5-16(24)6-4-15;/h4-7,20-21H,3,8-17H2,1-2H3,(H2,29,32)(H,30,36);3-6,17-18H,2,7-14H2,1H3,(H2,26,28)(H,32,33);/q;;+1/p-1/t20-;17-;/m00./s1. The topological polar surface area (TPSA) is 226 Å². The molecule has 2 atom stereocenters. The van der Waals surface area contributed by atoms with Crippen molar-refractivity contribution in [2.45, 2.75) is 89.6 Å². The van der Waals surface area contributed by atoms with Gasteiger partial charge in [-0.25, -0.2) is 28.4 Å². The molecular weight excluding hydrogens is 1030 g/mol. The molecule has 0 aliphatic carbocycles. The van der Waals surface area contributed by atoms with E-state index < -0.39 is 27.4 Å². The zero-order chi connectivity index (χ0) is 51.7. The van der Waals surface area contributed by atoms with Crippen LogP contribution in [0.5, 0.6) is 0 Å². The molecule has 4 aliphatic rings. The molecular formula is C49H66Cl4LiN13O5S. The molecule has 4 aromatic rings. The third kappa shape index (κ3) is 15.9. The second kappa shape index (κ2) is 26.9. The van der Waals surface area contributed by atoms with Gasteiger partial charge in [0.25, 0.3) is 5.91 Å². The van der Waals surface area contributed by atoms with E-state index in [0.717, 1.165) is 133 Å². The number of piperidine rings is 2. The van der Waals surface area contributed by atoms with Crippen LogP contribution in [0.3, 0.4) is 0 Å². The number of nitrogens with one attached hydrogen (secondary N) is 1. The van der Waals surface area contributed by atoms with Crippen LogP contribution in [0.4, 0.5) is 23.3 Å². The molecule has 0 saturated carbocycles. The molecule has 4 saturated heterocycles. The monoisotopic (exact) mass is 1100 g/mol. The summed E-state index contributed by atoms with van der Waals surface area (Å²) in [7, 11) is -3.20. The number of nitrogen functional groups attached to an aromatic ring is 2. The van der Waals surface area contributed by atoms with E-state index in [4.69, 9.17) is 57.9 Å².